The highest BCUT2D eigenvalue weighted by Crippen LogP contribution is 2.32. The predicted octanol–water partition coefficient (Wildman–Crippen LogP) is 4.97. The second-order valence-electron chi connectivity index (χ2n) is 6.13. The molecule has 0 fully saturated rings. The number of hydrogen-bond donors (Lipinski definition) is 2. The average Bonchev–Trinajstić information content (AvgIpc) is 2.73. The van der Waals surface area contributed by atoms with Crippen LogP contribution in [-0.2, 0) is 11.4 Å². The highest BCUT2D eigenvalue weighted by Gasteiger charge is 2.16. The minimum atomic E-state index is -1.30. The van der Waals surface area contributed by atoms with Crippen LogP contribution in [0.4, 0.5) is 0 Å². The third-order valence-corrected chi connectivity index (χ3v) is 5.05. The molecule has 0 saturated carbocycles. The van der Waals surface area contributed by atoms with Crippen molar-refractivity contribution in [2.24, 2.45) is 5.10 Å². The van der Waals surface area contributed by atoms with Crippen molar-refractivity contribution in [3.8, 4) is 5.75 Å². The van der Waals surface area contributed by atoms with Crippen LogP contribution in [0.3, 0.4) is 0 Å². The number of carbonyl (C=O) groups is 1. The van der Waals surface area contributed by atoms with E-state index in [2.05, 4.69) is 42.4 Å². The number of benzene rings is 3. The molecule has 3 aromatic carbocycles. The first-order chi connectivity index (χ1) is 14.0. The van der Waals surface area contributed by atoms with Crippen molar-refractivity contribution in [2.45, 2.75) is 12.7 Å². The van der Waals surface area contributed by atoms with Gasteiger partial charge in [-0.2, -0.15) is 5.10 Å². The van der Waals surface area contributed by atoms with Crippen molar-refractivity contribution in [3.05, 3.63) is 98.4 Å². The Morgan fingerprint density at radius 1 is 1.07 bits per heavy atom. The molecule has 0 aliphatic carbocycles. The van der Waals surface area contributed by atoms with Gasteiger partial charge in [-0.1, -0.05) is 76.6 Å². The number of halogens is 2. The van der Waals surface area contributed by atoms with Gasteiger partial charge in [-0.15, -0.1) is 0 Å². The molecule has 0 unspecified atom stereocenters. The van der Waals surface area contributed by atoms with Crippen LogP contribution in [0.2, 0.25) is 0 Å². The number of hydrazone groups is 1. The van der Waals surface area contributed by atoms with Crippen molar-refractivity contribution < 1.29 is 14.6 Å². The first-order valence-electron chi connectivity index (χ1n) is 8.76. The van der Waals surface area contributed by atoms with E-state index in [-0.39, 0.29) is 0 Å². The van der Waals surface area contributed by atoms with Crippen LogP contribution in [-0.4, -0.2) is 17.2 Å². The largest absolute Gasteiger partial charge is 0.487 e. The summed E-state index contributed by atoms with van der Waals surface area (Å²) in [5.74, 6) is -0.0214. The molecule has 7 heteroatoms. The first-order valence-corrected chi connectivity index (χ1v) is 10.3. The predicted molar refractivity (Wildman–Crippen MR) is 120 cm³/mol. The molecule has 0 spiro atoms. The van der Waals surface area contributed by atoms with Gasteiger partial charge in [0.25, 0.3) is 5.91 Å². The SMILES string of the molecule is O=C(N/N=C\c1cc(Br)cc(Br)c1OCc1ccccc1)[C@@H](O)c1ccccc1. The summed E-state index contributed by atoms with van der Waals surface area (Å²) in [6, 6.07) is 22.2. The Balaban J connectivity index is 1.71. The van der Waals surface area contributed by atoms with Gasteiger partial charge in [0.1, 0.15) is 12.4 Å². The lowest BCUT2D eigenvalue weighted by Gasteiger charge is -2.12. The summed E-state index contributed by atoms with van der Waals surface area (Å²) in [5, 5.41) is 14.1. The molecule has 0 heterocycles. The summed E-state index contributed by atoms with van der Waals surface area (Å²) in [6.45, 7) is 0.390. The van der Waals surface area contributed by atoms with Gasteiger partial charge in [-0.25, -0.2) is 5.43 Å². The molecule has 29 heavy (non-hydrogen) atoms. The molecule has 148 valence electrons. The zero-order valence-electron chi connectivity index (χ0n) is 15.3. The monoisotopic (exact) mass is 516 g/mol. The van der Waals surface area contributed by atoms with Crippen molar-refractivity contribution in [1.29, 1.82) is 0 Å². The molecule has 3 aromatic rings. The van der Waals surface area contributed by atoms with Crippen molar-refractivity contribution in [3.63, 3.8) is 0 Å². The maximum Gasteiger partial charge on any atom is 0.273 e. The zero-order chi connectivity index (χ0) is 20.6. The molecular weight excluding hydrogens is 500 g/mol. The van der Waals surface area contributed by atoms with E-state index in [0.29, 0.717) is 23.5 Å². The Hall–Kier alpha value is -2.48. The van der Waals surface area contributed by atoms with Crippen LogP contribution in [0.1, 0.15) is 22.8 Å². The third kappa shape index (κ3) is 6.00. The van der Waals surface area contributed by atoms with E-state index in [1.54, 1.807) is 24.3 Å². The summed E-state index contributed by atoms with van der Waals surface area (Å²) in [4.78, 5) is 12.1. The summed E-state index contributed by atoms with van der Waals surface area (Å²) in [7, 11) is 0. The van der Waals surface area contributed by atoms with Crippen molar-refractivity contribution >= 4 is 44.0 Å². The molecule has 3 rings (SSSR count). The molecular formula is C22H18Br2N2O3. The summed E-state index contributed by atoms with van der Waals surface area (Å²) < 4.78 is 7.54. The van der Waals surface area contributed by atoms with Gasteiger partial charge in [0.15, 0.2) is 6.10 Å². The second kappa shape index (κ2) is 10.3. The fourth-order valence-corrected chi connectivity index (χ4v) is 3.94. The standard InChI is InChI=1S/C22H18Br2N2O3/c23-18-11-17(13-25-26-22(28)20(27)16-9-5-2-6-10-16)21(19(24)12-18)29-14-15-7-3-1-4-8-15/h1-13,20,27H,14H2,(H,26,28)/b25-13-/t20-/m0/s1. The van der Waals surface area contributed by atoms with E-state index in [1.165, 1.54) is 6.21 Å². The number of hydrogen-bond acceptors (Lipinski definition) is 4. The Morgan fingerprint density at radius 3 is 2.41 bits per heavy atom. The number of nitrogens with one attached hydrogen (secondary N) is 1. The summed E-state index contributed by atoms with van der Waals surface area (Å²) in [5.41, 5.74) is 4.56. The van der Waals surface area contributed by atoms with Gasteiger partial charge in [-0.3, -0.25) is 4.79 Å². The smallest absolute Gasteiger partial charge is 0.273 e. The van der Waals surface area contributed by atoms with Crippen LogP contribution in [0.5, 0.6) is 5.75 Å². The highest BCUT2D eigenvalue weighted by molar-refractivity contribution is 9.11. The van der Waals surface area contributed by atoms with Crippen LogP contribution < -0.4 is 10.2 Å². The maximum atomic E-state index is 12.1. The molecule has 0 aliphatic heterocycles. The van der Waals surface area contributed by atoms with E-state index in [0.717, 1.165) is 14.5 Å². The summed E-state index contributed by atoms with van der Waals surface area (Å²) in [6.07, 6.45) is 0.183. The maximum absolute atomic E-state index is 12.1. The molecule has 2 N–H and O–H groups in total. The minimum Gasteiger partial charge on any atom is -0.487 e. The second-order valence-corrected chi connectivity index (χ2v) is 7.90. The van der Waals surface area contributed by atoms with Crippen molar-refractivity contribution in [1.82, 2.24) is 5.43 Å². The average molecular weight is 518 g/mol. The number of ether oxygens (including phenoxy) is 1. The van der Waals surface area contributed by atoms with Gasteiger partial charge < -0.3 is 9.84 Å². The van der Waals surface area contributed by atoms with Gasteiger partial charge in [0, 0.05) is 10.0 Å². The van der Waals surface area contributed by atoms with Crippen molar-refractivity contribution in [2.75, 3.05) is 0 Å². The highest BCUT2D eigenvalue weighted by atomic mass is 79.9. The van der Waals surface area contributed by atoms with Crippen LogP contribution in [0.25, 0.3) is 0 Å². The van der Waals surface area contributed by atoms with Crippen LogP contribution >= 0.6 is 31.9 Å². The number of carbonyl (C=O) groups excluding carboxylic acids is 1. The Morgan fingerprint density at radius 2 is 1.72 bits per heavy atom. The Kier molecular flexibility index (Phi) is 7.57. The van der Waals surface area contributed by atoms with Crippen LogP contribution in [0, 0.1) is 0 Å². The first kappa shape index (κ1) is 21.2. The lowest BCUT2D eigenvalue weighted by Crippen LogP contribution is -2.25. The molecule has 0 aromatic heterocycles. The fraction of sp³-hybridized carbons (Fsp3) is 0.0909. The Bertz CT molecular complexity index is 996. The number of aliphatic hydroxyl groups excluding tert-OH is 1. The molecule has 1 amide bonds. The number of rotatable bonds is 7. The van der Waals surface area contributed by atoms with E-state index >= 15 is 0 Å². The molecule has 0 saturated heterocycles. The van der Waals surface area contributed by atoms with Crippen LogP contribution in [0.15, 0.2) is 86.8 Å². The molecule has 0 radical (unpaired) electrons. The lowest BCUT2D eigenvalue weighted by molar-refractivity contribution is -0.129. The fourth-order valence-electron chi connectivity index (χ4n) is 2.57. The van der Waals surface area contributed by atoms with Gasteiger partial charge in [-0.05, 0) is 39.2 Å². The zero-order valence-corrected chi connectivity index (χ0v) is 18.4. The number of nitrogens with zero attached hydrogens (tertiary/aromatic N) is 1. The van der Waals surface area contributed by atoms with E-state index in [9.17, 15) is 9.90 Å². The minimum absolute atomic E-state index is 0.390. The lowest BCUT2D eigenvalue weighted by atomic mass is 10.1. The number of aliphatic hydroxyl groups is 1. The van der Waals surface area contributed by atoms with E-state index in [1.807, 2.05) is 48.5 Å². The topological polar surface area (TPSA) is 70.9 Å². The number of amides is 1. The van der Waals surface area contributed by atoms with Gasteiger partial charge in [0.2, 0.25) is 0 Å². The normalized spacial score (nSPS) is 12.0. The molecule has 1 atom stereocenters. The molecule has 5 nitrogen and oxygen atoms in total. The quantitative estimate of drug-likeness (QED) is 0.343. The van der Waals surface area contributed by atoms with E-state index in [4.69, 9.17) is 4.74 Å². The van der Waals surface area contributed by atoms with Gasteiger partial charge >= 0.3 is 0 Å². The molecule has 0 aliphatic rings. The van der Waals surface area contributed by atoms with E-state index < -0.39 is 12.0 Å². The summed E-state index contributed by atoms with van der Waals surface area (Å²) >= 11 is 6.95. The van der Waals surface area contributed by atoms with Gasteiger partial charge in [0.05, 0.1) is 10.7 Å². The molecule has 0 bridgehead atoms. The Labute approximate surface area is 185 Å². The third-order valence-electron chi connectivity index (χ3n) is 4.01.